The molecular formula is C30H31OP. The highest BCUT2D eigenvalue weighted by Crippen LogP contribution is 2.48. The van der Waals surface area contributed by atoms with E-state index in [1.54, 1.807) is 0 Å². The molecule has 2 heteroatoms. The van der Waals surface area contributed by atoms with Crippen LogP contribution in [-0.4, -0.2) is 0 Å². The van der Waals surface area contributed by atoms with Gasteiger partial charge in [-0.15, -0.1) is 0 Å². The zero-order chi connectivity index (χ0) is 22.7. The van der Waals surface area contributed by atoms with Gasteiger partial charge in [0.05, 0.1) is 0 Å². The summed E-state index contributed by atoms with van der Waals surface area (Å²) in [5.41, 5.74) is 8.82. The van der Waals surface area contributed by atoms with Gasteiger partial charge in [-0.1, -0.05) is 96.6 Å². The Morgan fingerprint density at radius 2 is 1.28 bits per heavy atom. The lowest BCUT2D eigenvalue weighted by Gasteiger charge is -2.23. The fraction of sp³-hybridized carbons (Fsp3) is 0.200. The van der Waals surface area contributed by atoms with Crippen molar-refractivity contribution in [1.82, 2.24) is 0 Å². The molecule has 0 saturated heterocycles. The van der Waals surface area contributed by atoms with E-state index in [2.05, 4.69) is 70.2 Å². The molecule has 0 saturated carbocycles. The van der Waals surface area contributed by atoms with E-state index in [0.717, 1.165) is 28.2 Å². The van der Waals surface area contributed by atoms with Crippen LogP contribution in [0.3, 0.4) is 0 Å². The molecule has 4 aromatic rings. The Labute approximate surface area is 192 Å². The van der Waals surface area contributed by atoms with E-state index in [4.69, 9.17) is 0 Å². The molecule has 1 atom stereocenters. The SMILES string of the molecule is Cc1cc(C)c(Cc2cccc(P(=O)(Cc3ccccc3)c3ccccc3)c2C)c(C)c1. The van der Waals surface area contributed by atoms with Crippen LogP contribution in [0.5, 0.6) is 0 Å². The molecule has 0 amide bonds. The average Bonchev–Trinajstić information content (AvgIpc) is 2.78. The Kier molecular flexibility index (Phi) is 6.49. The summed E-state index contributed by atoms with van der Waals surface area (Å²) in [7, 11) is -2.85. The molecule has 4 aromatic carbocycles. The molecule has 0 aliphatic rings. The molecule has 4 rings (SSSR count). The highest BCUT2D eigenvalue weighted by molar-refractivity contribution is 7.78. The summed E-state index contributed by atoms with van der Waals surface area (Å²) < 4.78 is 14.8. The van der Waals surface area contributed by atoms with E-state index < -0.39 is 7.14 Å². The van der Waals surface area contributed by atoms with Gasteiger partial charge in [0.25, 0.3) is 0 Å². The lowest BCUT2D eigenvalue weighted by atomic mass is 9.92. The van der Waals surface area contributed by atoms with Gasteiger partial charge in [-0.3, -0.25) is 0 Å². The van der Waals surface area contributed by atoms with Crippen LogP contribution in [0.1, 0.15) is 38.9 Å². The first-order valence-corrected chi connectivity index (χ1v) is 13.1. The minimum Gasteiger partial charge on any atom is -0.313 e. The summed E-state index contributed by atoms with van der Waals surface area (Å²) in [6, 6.07) is 31.1. The first-order valence-electron chi connectivity index (χ1n) is 11.2. The summed E-state index contributed by atoms with van der Waals surface area (Å²) in [4.78, 5) is 0. The lowest BCUT2D eigenvalue weighted by Crippen LogP contribution is -2.21. The topological polar surface area (TPSA) is 17.1 Å². The maximum absolute atomic E-state index is 14.8. The molecule has 0 N–H and O–H groups in total. The molecule has 1 unspecified atom stereocenters. The first kappa shape index (κ1) is 22.3. The van der Waals surface area contributed by atoms with Crippen LogP contribution in [-0.2, 0) is 17.1 Å². The van der Waals surface area contributed by atoms with Crippen molar-refractivity contribution in [2.24, 2.45) is 0 Å². The predicted octanol–water partition coefficient (Wildman–Crippen LogP) is 7.03. The highest BCUT2D eigenvalue weighted by atomic mass is 31.2. The molecule has 0 aliphatic heterocycles. The van der Waals surface area contributed by atoms with Gasteiger partial charge in [0.1, 0.15) is 7.14 Å². The smallest absolute Gasteiger partial charge is 0.147 e. The maximum atomic E-state index is 14.8. The van der Waals surface area contributed by atoms with Crippen LogP contribution in [0, 0.1) is 27.7 Å². The molecular weight excluding hydrogens is 407 g/mol. The number of rotatable bonds is 6. The summed E-state index contributed by atoms with van der Waals surface area (Å²) in [6.07, 6.45) is 1.39. The quantitative estimate of drug-likeness (QED) is 0.296. The second kappa shape index (κ2) is 9.31. The Morgan fingerprint density at radius 3 is 1.91 bits per heavy atom. The number of benzene rings is 4. The van der Waals surface area contributed by atoms with E-state index in [1.165, 1.54) is 27.8 Å². The van der Waals surface area contributed by atoms with Crippen LogP contribution in [0.4, 0.5) is 0 Å². The Hall–Kier alpha value is -2.89. The third-order valence-corrected chi connectivity index (χ3v) is 9.64. The van der Waals surface area contributed by atoms with Crippen molar-refractivity contribution in [1.29, 1.82) is 0 Å². The van der Waals surface area contributed by atoms with Gasteiger partial charge in [-0.05, 0) is 67.5 Å². The summed E-state index contributed by atoms with van der Waals surface area (Å²) in [5.74, 6) is 0. The predicted molar refractivity (Wildman–Crippen MR) is 138 cm³/mol. The molecule has 0 spiro atoms. The van der Waals surface area contributed by atoms with E-state index in [0.29, 0.717) is 6.16 Å². The zero-order valence-corrected chi connectivity index (χ0v) is 20.3. The van der Waals surface area contributed by atoms with Crippen molar-refractivity contribution >= 4 is 17.8 Å². The Morgan fingerprint density at radius 1 is 0.688 bits per heavy atom. The molecule has 0 heterocycles. The highest BCUT2D eigenvalue weighted by Gasteiger charge is 2.30. The van der Waals surface area contributed by atoms with Crippen LogP contribution in [0.25, 0.3) is 0 Å². The summed E-state index contributed by atoms with van der Waals surface area (Å²) in [5, 5.41) is 1.90. The normalized spacial score (nSPS) is 13.0. The van der Waals surface area contributed by atoms with E-state index in [1.807, 2.05) is 48.5 Å². The van der Waals surface area contributed by atoms with Crippen molar-refractivity contribution in [3.63, 3.8) is 0 Å². The van der Waals surface area contributed by atoms with Crippen molar-refractivity contribution in [2.45, 2.75) is 40.3 Å². The van der Waals surface area contributed by atoms with Crippen LogP contribution < -0.4 is 10.6 Å². The van der Waals surface area contributed by atoms with Gasteiger partial charge in [0.2, 0.25) is 0 Å². The van der Waals surface area contributed by atoms with Gasteiger partial charge < -0.3 is 4.57 Å². The standard InChI is InChI=1S/C30H31OP/c1-22-18-23(2)29(24(3)19-22)20-27-14-11-17-30(25(27)4)32(31,28-15-9-6-10-16-28)21-26-12-7-5-8-13-26/h5-19H,20-21H2,1-4H3. The van der Waals surface area contributed by atoms with Crippen LogP contribution in [0.15, 0.2) is 91.0 Å². The number of hydrogen-bond donors (Lipinski definition) is 0. The lowest BCUT2D eigenvalue weighted by molar-refractivity contribution is 0.586. The third kappa shape index (κ3) is 4.50. The van der Waals surface area contributed by atoms with Crippen LogP contribution in [0.2, 0.25) is 0 Å². The molecule has 1 nitrogen and oxygen atoms in total. The molecule has 0 aliphatic carbocycles. The minimum absolute atomic E-state index is 0.532. The third-order valence-electron chi connectivity index (χ3n) is 6.44. The number of aryl methyl sites for hydroxylation is 3. The Balaban J connectivity index is 1.82. The summed E-state index contributed by atoms with van der Waals surface area (Å²) >= 11 is 0. The van der Waals surface area contributed by atoms with Gasteiger partial charge in [-0.2, -0.15) is 0 Å². The Bertz CT molecular complexity index is 1250. The first-order chi connectivity index (χ1) is 15.4. The van der Waals surface area contributed by atoms with Gasteiger partial charge in [-0.25, -0.2) is 0 Å². The second-order valence-corrected chi connectivity index (χ2v) is 11.6. The van der Waals surface area contributed by atoms with Gasteiger partial charge in [0.15, 0.2) is 0 Å². The van der Waals surface area contributed by atoms with E-state index >= 15 is 0 Å². The van der Waals surface area contributed by atoms with E-state index in [-0.39, 0.29) is 0 Å². The maximum Gasteiger partial charge on any atom is 0.147 e. The van der Waals surface area contributed by atoms with Crippen molar-refractivity contribution < 1.29 is 4.57 Å². The van der Waals surface area contributed by atoms with Crippen molar-refractivity contribution in [2.75, 3.05) is 0 Å². The average molecular weight is 439 g/mol. The number of hydrogen-bond acceptors (Lipinski definition) is 1. The molecule has 0 fully saturated rings. The molecule has 0 radical (unpaired) electrons. The monoisotopic (exact) mass is 438 g/mol. The minimum atomic E-state index is -2.85. The van der Waals surface area contributed by atoms with Crippen molar-refractivity contribution in [3.8, 4) is 0 Å². The van der Waals surface area contributed by atoms with Crippen molar-refractivity contribution in [3.05, 3.63) is 130 Å². The second-order valence-electron chi connectivity index (χ2n) is 8.83. The summed E-state index contributed by atoms with van der Waals surface area (Å²) in [6.45, 7) is 8.68. The van der Waals surface area contributed by atoms with Gasteiger partial charge in [0, 0.05) is 16.8 Å². The van der Waals surface area contributed by atoms with Crippen LogP contribution >= 0.6 is 7.14 Å². The molecule has 32 heavy (non-hydrogen) atoms. The molecule has 0 aromatic heterocycles. The largest absolute Gasteiger partial charge is 0.313 e. The van der Waals surface area contributed by atoms with Gasteiger partial charge >= 0.3 is 0 Å². The van der Waals surface area contributed by atoms with E-state index in [9.17, 15) is 4.57 Å². The molecule has 0 bridgehead atoms. The fourth-order valence-electron chi connectivity index (χ4n) is 4.76. The molecule has 162 valence electrons. The zero-order valence-electron chi connectivity index (χ0n) is 19.4. The fourth-order valence-corrected chi connectivity index (χ4v) is 7.78.